The lowest BCUT2D eigenvalue weighted by molar-refractivity contribution is 0.0339. The molecule has 1 heterocycles. The van der Waals surface area contributed by atoms with Gasteiger partial charge in [-0.25, -0.2) is 0 Å². The van der Waals surface area contributed by atoms with Crippen LogP contribution in [0.3, 0.4) is 0 Å². The summed E-state index contributed by atoms with van der Waals surface area (Å²) in [5.74, 6) is 1.58. The fourth-order valence-electron chi connectivity index (χ4n) is 2.61. The molecule has 0 saturated carbocycles. The zero-order chi connectivity index (χ0) is 12.7. The molecule has 1 aliphatic carbocycles. The van der Waals surface area contributed by atoms with E-state index in [0.29, 0.717) is 18.6 Å². The predicted molar refractivity (Wildman–Crippen MR) is 75.1 cm³/mol. The lowest BCUT2D eigenvalue weighted by Gasteiger charge is -2.36. The van der Waals surface area contributed by atoms with Crippen LogP contribution in [0.25, 0.3) is 0 Å². The van der Waals surface area contributed by atoms with E-state index in [1.807, 2.05) is 21.0 Å². The second-order valence-corrected chi connectivity index (χ2v) is 4.80. The molecule has 0 radical (unpaired) electrons. The van der Waals surface area contributed by atoms with Crippen LogP contribution in [0.1, 0.15) is 34.5 Å². The Morgan fingerprint density at radius 3 is 2.65 bits per heavy atom. The van der Waals surface area contributed by atoms with Crippen molar-refractivity contribution in [3.05, 3.63) is 11.6 Å². The number of ether oxygens (including phenoxy) is 1. The van der Waals surface area contributed by atoms with Gasteiger partial charge < -0.3 is 15.8 Å². The maximum atomic E-state index is 5.67. The summed E-state index contributed by atoms with van der Waals surface area (Å²) in [4.78, 5) is 0. The highest BCUT2D eigenvalue weighted by atomic mass is 16.5. The van der Waals surface area contributed by atoms with Crippen molar-refractivity contribution in [2.45, 2.75) is 39.2 Å². The van der Waals surface area contributed by atoms with Crippen molar-refractivity contribution < 1.29 is 6.16 Å². The number of rotatable bonds is 4. The van der Waals surface area contributed by atoms with Crippen LogP contribution in [0.4, 0.5) is 0 Å². The number of methoxy groups -OCH3 is 1. The fourth-order valence-corrected chi connectivity index (χ4v) is 2.61. The van der Waals surface area contributed by atoms with E-state index in [2.05, 4.69) is 11.4 Å². The van der Waals surface area contributed by atoms with Gasteiger partial charge in [0.2, 0.25) is 0 Å². The van der Waals surface area contributed by atoms with Crippen LogP contribution in [0.5, 0.6) is 0 Å². The van der Waals surface area contributed by atoms with E-state index in [1.165, 1.54) is 25.1 Å². The van der Waals surface area contributed by atoms with Crippen LogP contribution < -0.4 is 11.1 Å². The highest BCUT2D eigenvalue weighted by Crippen LogP contribution is 2.31. The lowest BCUT2D eigenvalue weighted by Crippen LogP contribution is -2.44. The van der Waals surface area contributed by atoms with E-state index < -0.39 is 0 Å². The van der Waals surface area contributed by atoms with Crippen molar-refractivity contribution in [3.63, 3.8) is 0 Å². The molecule has 17 heavy (non-hydrogen) atoms. The molecule has 0 bridgehead atoms. The first-order valence-electron chi connectivity index (χ1n) is 6.95. The average molecular weight is 242 g/mol. The van der Waals surface area contributed by atoms with Crippen molar-refractivity contribution in [2.75, 3.05) is 26.7 Å². The van der Waals surface area contributed by atoms with Crippen LogP contribution in [-0.4, -0.2) is 32.8 Å². The van der Waals surface area contributed by atoms with Gasteiger partial charge >= 0.3 is 0 Å². The minimum atomic E-state index is 0. The molecule has 0 unspecified atom stereocenters. The lowest BCUT2D eigenvalue weighted by atomic mass is 9.79. The van der Waals surface area contributed by atoms with Crippen LogP contribution in [0.15, 0.2) is 11.6 Å². The second-order valence-electron chi connectivity index (χ2n) is 4.80. The van der Waals surface area contributed by atoms with E-state index in [9.17, 15) is 0 Å². The molecule has 0 aromatic heterocycles. The molecule has 1 fully saturated rings. The van der Waals surface area contributed by atoms with Crippen LogP contribution >= 0.6 is 0 Å². The summed E-state index contributed by atoms with van der Waals surface area (Å²) in [5, 5.41) is 3.33. The third kappa shape index (κ3) is 4.09. The fraction of sp³-hybridized carbons (Fsp3) is 0.857. The van der Waals surface area contributed by atoms with Crippen molar-refractivity contribution in [1.29, 1.82) is 0 Å². The topological polar surface area (TPSA) is 47.3 Å². The Morgan fingerprint density at radius 1 is 1.47 bits per heavy atom. The molecule has 3 heteroatoms. The first-order chi connectivity index (χ1) is 8.33. The minimum absolute atomic E-state index is 0. The first kappa shape index (κ1) is 14.7. The molecule has 2 atom stereocenters. The van der Waals surface area contributed by atoms with Gasteiger partial charge in [-0.3, -0.25) is 0 Å². The number of allylic oxidation sites excluding steroid dienone is 1. The number of hydrogen-bond donors (Lipinski definition) is 2. The predicted octanol–water partition coefficient (Wildman–Crippen LogP) is 2.18. The molecular formula is C14H30N2O. The molecule has 2 aliphatic rings. The standard InChI is InChI=1S/C12H22N2O.C2H6.H2/c1-15-12-5-9(6-13)2-3-11(12)4-10-7-14-8-10;1-2;/h2,10-12,14H,3-8,13H2,1H3;1-2H3;1H/t11-,12-;;/m0../s1. The van der Waals surface area contributed by atoms with Gasteiger partial charge in [0.05, 0.1) is 6.10 Å². The summed E-state index contributed by atoms with van der Waals surface area (Å²) in [6.45, 7) is 7.08. The van der Waals surface area contributed by atoms with Crippen molar-refractivity contribution in [2.24, 2.45) is 17.6 Å². The Balaban J connectivity index is 0.000000917. The molecular weight excluding hydrogens is 212 g/mol. The summed E-state index contributed by atoms with van der Waals surface area (Å²) in [6, 6.07) is 0. The number of hydrogen-bond acceptors (Lipinski definition) is 3. The summed E-state index contributed by atoms with van der Waals surface area (Å²) < 4.78 is 5.59. The maximum absolute atomic E-state index is 5.67. The highest BCUT2D eigenvalue weighted by molar-refractivity contribution is 5.11. The summed E-state index contributed by atoms with van der Waals surface area (Å²) >= 11 is 0. The summed E-state index contributed by atoms with van der Waals surface area (Å²) in [5.41, 5.74) is 7.04. The molecule has 3 N–H and O–H groups in total. The van der Waals surface area contributed by atoms with Crippen molar-refractivity contribution in [1.82, 2.24) is 5.32 Å². The van der Waals surface area contributed by atoms with E-state index in [0.717, 1.165) is 18.8 Å². The molecule has 0 aromatic carbocycles. The van der Waals surface area contributed by atoms with Crippen LogP contribution in [0, 0.1) is 11.8 Å². The van der Waals surface area contributed by atoms with Crippen molar-refractivity contribution in [3.8, 4) is 0 Å². The third-order valence-electron chi connectivity index (χ3n) is 3.77. The van der Waals surface area contributed by atoms with E-state index >= 15 is 0 Å². The van der Waals surface area contributed by atoms with E-state index in [1.54, 1.807) is 0 Å². The molecule has 0 spiro atoms. The Hall–Kier alpha value is -0.380. The highest BCUT2D eigenvalue weighted by Gasteiger charge is 2.29. The zero-order valence-corrected chi connectivity index (χ0v) is 11.5. The quantitative estimate of drug-likeness (QED) is 0.743. The Morgan fingerprint density at radius 2 is 2.18 bits per heavy atom. The molecule has 102 valence electrons. The number of nitrogens with two attached hydrogens (primary N) is 1. The summed E-state index contributed by atoms with van der Waals surface area (Å²) in [6.07, 6.45) is 6.22. The maximum Gasteiger partial charge on any atom is 0.0640 e. The largest absolute Gasteiger partial charge is 0.381 e. The Kier molecular flexibility index (Phi) is 6.78. The van der Waals surface area contributed by atoms with Gasteiger partial charge in [-0.05, 0) is 44.2 Å². The van der Waals surface area contributed by atoms with E-state index in [-0.39, 0.29) is 1.43 Å². The Labute approximate surface area is 107 Å². The molecule has 1 aliphatic heterocycles. The van der Waals surface area contributed by atoms with E-state index in [4.69, 9.17) is 10.5 Å². The van der Waals surface area contributed by atoms with Gasteiger partial charge in [-0.1, -0.05) is 25.5 Å². The number of nitrogens with one attached hydrogen (secondary N) is 1. The van der Waals surface area contributed by atoms with Crippen LogP contribution in [0.2, 0.25) is 0 Å². The van der Waals surface area contributed by atoms with Gasteiger partial charge in [-0.2, -0.15) is 0 Å². The average Bonchev–Trinajstić information content (AvgIpc) is 2.36. The molecule has 0 aromatic rings. The van der Waals surface area contributed by atoms with Gasteiger partial charge in [0.1, 0.15) is 0 Å². The molecule has 2 rings (SSSR count). The smallest absolute Gasteiger partial charge is 0.0640 e. The van der Waals surface area contributed by atoms with Gasteiger partial charge in [0.15, 0.2) is 0 Å². The molecule has 0 amide bonds. The second kappa shape index (κ2) is 7.85. The van der Waals surface area contributed by atoms with Crippen LogP contribution in [-0.2, 0) is 4.74 Å². The van der Waals surface area contributed by atoms with Crippen molar-refractivity contribution >= 4 is 0 Å². The zero-order valence-electron chi connectivity index (χ0n) is 11.5. The normalized spacial score (nSPS) is 28.8. The summed E-state index contributed by atoms with van der Waals surface area (Å²) in [7, 11) is 1.83. The third-order valence-corrected chi connectivity index (χ3v) is 3.77. The Bertz CT molecular complexity index is 242. The van der Waals surface area contributed by atoms with Gasteiger partial charge in [-0.15, -0.1) is 0 Å². The first-order valence-corrected chi connectivity index (χ1v) is 6.95. The molecule has 1 saturated heterocycles. The van der Waals surface area contributed by atoms with Gasteiger partial charge in [0.25, 0.3) is 0 Å². The monoisotopic (exact) mass is 242 g/mol. The SMILES string of the molecule is CC.CO[C@H]1CC(CN)=CC[C@H]1CC1CNC1.[HH]. The minimum Gasteiger partial charge on any atom is -0.381 e. The molecule has 3 nitrogen and oxygen atoms in total. The van der Waals surface area contributed by atoms with Gasteiger partial charge in [0, 0.05) is 15.1 Å².